The molecule has 0 unspecified atom stereocenters. The van der Waals surface area contributed by atoms with Crippen LogP contribution in [0.15, 0.2) is 42.7 Å². The van der Waals surface area contributed by atoms with Crippen LogP contribution >= 0.6 is 0 Å². The number of rotatable bonds is 4. The van der Waals surface area contributed by atoms with E-state index in [-0.39, 0.29) is 23.5 Å². The van der Waals surface area contributed by atoms with Crippen LogP contribution in [0.4, 0.5) is 4.39 Å². The average molecular weight is 245 g/mol. The molecule has 4 heteroatoms. The molecule has 92 valence electrons. The largest absolute Gasteiger partial charge is 0.496 e. The van der Waals surface area contributed by atoms with E-state index in [9.17, 15) is 9.18 Å². The van der Waals surface area contributed by atoms with E-state index >= 15 is 0 Å². The molecule has 1 aromatic heterocycles. The van der Waals surface area contributed by atoms with Crippen LogP contribution in [0.2, 0.25) is 0 Å². The predicted octanol–water partition coefficient (Wildman–Crippen LogP) is 2.65. The minimum Gasteiger partial charge on any atom is -0.496 e. The van der Waals surface area contributed by atoms with Crippen molar-refractivity contribution in [1.29, 1.82) is 0 Å². The Morgan fingerprint density at radius 2 is 2.17 bits per heavy atom. The minimum atomic E-state index is -0.566. The third-order valence-electron chi connectivity index (χ3n) is 2.56. The molecule has 0 atom stereocenters. The highest BCUT2D eigenvalue weighted by atomic mass is 19.1. The van der Waals surface area contributed by atoms with Crippen LogP contribution in [-0.4, -0.2) is 17.9 Å². The molecule has 0 spiro atoms. The van der Waals surface area contributed by atoms with E-state index in [2.05, 4.69) is 4.98 Å². The Bertz CT molecular complexity index is 555. The summed E-state index contributed by atoms with van der Waals surface area (Å²) in [6.07, 6.45) is 3.31. The predicted molar refractivity (Wildman–Crippen MR) is 65.2 cm³/mol. The molecular weight excluding hydrogens is 233 g/mol. The van der Waals surface area contributed by atoms with Crippen LogP contribution in [0.3, 0.4) is 0 Å². The van der Waals surface area contributed by atoms with Crippen LogP contribution in [-0.2, 0) is 6.42 Å². The Labute approximate surface area is 104 Å². The van der Waals surface area contributed by atoms with Crippen LogP contribution < -0.4 is 4.74 Å². The van der Waals surface area contributed by atoms with Crippen molar-refractivity contribution in [3.05, 3.63) is 59.7 Å². The molecule has 18 heavy (non-hydrogen) atoms. The van der Waals surface area contributed by atoms with Gasteiger partial charge in [-0.1, -0.05) is 12.1 Å². The summed E-state index contributed by atoms with van der Waals surface area (Å²) in [5.41, 5.74) is 0.733. The second-order valence-electron chi connectivity index (χ2n) is 3.78. The number of nitrogens with zero attached hydrogens (tertiary/aromatic N) is 1. The first kappa shape index (κ1) is 12.2. The molecule has 0 aliphatic rings. The van der Waals surface area contributed by atoms with Gasteiger partial charge in [0.2, 0.25) is 0 Å². The lowest BCUT2D eigenvalue weighted by Crippen LogP contribution is -2.08. The molecule has 1 heterocycles. The number of methoxy groups -OCH3 is 1. The molecule has 0 aliphatic carbocycles. The first-order chi connectivity index (χ1) is 8.72. The van der Waals surface area contributed by atoms with Crippen LogP contribution in [0, 0.1) is 5.82 Å². The molecule has 0 bridgehead atoms. The Balaban J connectivity index is 2.29. The van der Waals surface area contributed by atoms with Gasteiger partial charge < -0.3 is 4.74 Å². The van der Waals surface area contributed by atoms with Crippen molar-refractivity contribution in [3.63, 3.8) is 0 Å². The lowest BCUT2D eigenvalue weighted by Gasteiger charge is -2.08. The number of pyridine rings is 1. The van der Waals surface area contributed by atoms with Crippen molar-refractivity contribution >= 4 is 5.78 Å². The van der Waals surface area contributed by atoms with E-state index in [1.165, 1.54) is 19.2 Å². The highest BCUT2D eigenvalue weighted by Gasteiger charge is 2.17. The summed E-state index contributed by atoms with van der Waals surface area (Å²) in [5, 5.41) is 0. The Morgan fingerprint density at radius 1 is 1.33 bits per heavy atom. The number of benzene rings is 1. The summed E-state index contributed by atoms with van der Waals surface area (Å²) < 4.78 is 18.7. The first-order valence-electron chi connectivity index (χ1n) is 5.47. The van der Waals surface area contributed by atoms with Gasteiger partial charge in [0.15, 0.2) is 5.78 Å². The topological polar surface area (TPSA) is 39.2 Å². The van der Waals surface area contributed by atoms with Gasteiger partial charge in [0, 0.05) is 18.8 Å². The van der Waals surface area contributed by atoms with Crippen LogP contribution in [0.5, 0.6) is 5.75 Å². The molecule has 0 aliphatic heterocycles. The van der Waals surface area contributed by atoms with Gasteiger partial charge in [-0.3, -0.25) is 9.78 Å². The van der Waals surface area contributed by atoms with E-state index in [1.807, 2.05) is 0 Å². The van der Waals surface area contributed by atoms with Gasteiger partial charge in [0.1, 0.15) is 11.6 Å². The van der Waals surface area contributed by atoms with Crippen molar-refractivity contribution in [2.45, 2.75) is 6.42 Å². The van der Waals surface area contributed by atoms with Gasteiger partial charge in [0.05, 0.1) is 12.7 Å². The molecule has 0 saturated carbocycles. The molecule has 0 N–H and O–H groups in total. The van der Waals surface area contributed by atoms with E-state index in [1.54, 1.807) is 30.6 Å². The standard InChI is InChI=1S/C14H12FNO2/c1-18-13-6-2-5-11(15)14(13)12(17)8-10-4-3-7-16-9-10/h2-7,9H,8H2,1H3. The zero-order chi connectivity index (χ0) is 13.0. The number of Topliss-reactive ketones (excluding diaryl/α,β-unsaturated/α-hetero) is 1. The number of carbonyl (C=O) groups excluding carboxylic acids is 1. The fourth-order valence-corrected chi connectivity index (χ4v) is 1.72. The Hall–Kier alpha value is -2.23. The summed E-state index contributed by atoms with van der Waals surface area (Å²) in [7, 11) is 1.41. The summed E-state index contributed by atoms with van der Waals surface area (Å²) in [4.78, 5) is 16.0. The SMILES string of the molecule is COc1cccc(F)c1C(=O)Cc1cccnc1. The zero-order valence-corrected chi connectivity index (χ0v) is 9.89. The third-order valence-corrected chi connectivity index (χ3v) is 2.56. The maximum absolute atomic E-state index is 13.7. The summed E-state index contributed by atoms with van der Waals surface area (Å²) in [6, 6.07) is 7.84. The van der Waals surface area contributed by atoms with E-state index in [0.29, 0.717) is 0 Å². The molecule has 0 saturated heterocycles. The fraction of sp³-hybridized carbons (Fsp3) is 0.143. The number of ether oxygens (including phenoxy) is 1. The number of ketones is 1. The second kappa shape index (κ2) is 5.40. The number of aromatic nitrogens is 1. The van der Waals surface area contributed by atoms with Gasteiger partial charge in [-0.15, -0.1) is 0 Å². The second-order valence-corrected chi connectivity index (χ2v) is 3.78. The summed E-state index contributed by atoms with van der Waals surface area (Å²) >= 11 is 0. The summed E-state index contributed by atoms with van der Waals surface area (Å²) in [5.74, 6) is -0.634. The Kier molecular flexibility index (Phi) is 3.67. The first-order valence-corrected chi connectivity index (χ1v) is 5.47. The number of halogens is 1. The normalized spacial score (nSPS) is 10.1. The van der Waals surface area contributed by atoms with Crippen molar-refractivity contribution in [2.75, 3.05) is 7.11 Å². The maximum Gasteiger partial charge on any atom is 0.173 e. The van der Waals surface area contributed by atoms with Crippen molar-refractivity contribution in [1.82, 2.24) is 4.98 Å². The maximum atomic E-state index is 13.7. The lowest BCUT2D eigenvalue weighted by molar-refractivity contribution is 0.0986. The Morgan fingerprint density at radius 3 is 2.83 bits per heavy atom. The monoisotopic (exact) mass is 245 g/mol. The molecule has 0 radical (unpaired) electrons. The highest BCUT2D eigenvalue weighted by molar-refractivity contribution is 6.00. The van der Waals surface area contributed by atoms with Crippen molar-refractivity contribution in [2.24, 2.45) is 0 Å². The molecule has 0 fully saturated rings. The van der Waals surface area contributed by atoms with E-state index in [0.717, 1.165) is 5.56 Å². The highest BCUT2D eigenvalue weighted by Crippen LogP contribution is 2.22. The molecule has 3 nitrogen and oxygen atoms in total. The van der Waals surface area contributed by atoms with Crippen LogP contribution in [0.1, 0.15) is 15.9 Å². The smallest absolute Gasteiger partial charge is 0.173 e. The van der Waals surface area contributed by atoms with Crippen LogP contribution in [0.25, 0.3) is 0 Å². The van der Waals surface area contributed by atoms with Gasteiger partial charge in [-0.25, -0.2) is 4.39 Å². The van der Waals surface area contributed by atoms with Gasteiger partial charge in [-0.2, -0.15) is 0 Å². The zero-order valence-electron chi connectivity index (χ0n) is 9.89. The molecule has 0 amide bonds. The number of hydrogen-bond acceptors (Lipinski definition) is 3. The molecule has 1 aromatic carbocycles. The summed E-state index contributed by atoms with van der Waals surface area (Å²) in [6.45, 7) is 0. The fourth-order valence-electron chi connectivity index (χ4n) is 1.72. The van der Waals surface area contributed by atoms with Gasteiger partial charge in [-0.05, 0) is 23.8 Å². The molecular formula is C14H12FNO2. The number of hydrogen-bond donors (Lipinski definition) is 0. The van der Waals surface area contributed by atoms with Gasteiger partial charge >= 0.3 is 0 Å². The molecule has 2 rings (SSSR count). The van der Waals surface area contributed by atoms with Gasteiger partial charge in [0.25, 0.3) is 0 Å². The average Bonchev–Trinajstić information content (AvgIpc) is 2.39. The third kappa shape index (κ3) is 2.53. The van der Waals surface area contributed by atoms with E-state index < -0.39 is 5.82 Å². The van der Waals surface area contributed by atoms with E-state index in [4.69, 9.17) is 4.74 Å². The van der Waals surface area contributed by atoms with Crippen molar-refractivity contribution < 1.29 is 13.9 Å². The molecule has 2 aromatic rings. The quantitative estimate of drug-likeness (QED) is 0.777. The number of carbonyl (C=O) groups is 1. The van der Waals surface area contributed by atoms with Crippen molar-refractivity contribution in [3.8, 4) is 5.75 Å². The minimum absolute atomic E-state index is 0.0103. The lowest BCUT2D eigenvalue weighted by atomic mass is 10.0.